The molecule has 0 radical (unpaired) electrons. The van der Waals surface area contributed by atoms with Crippen molar-refractivity contribution in [3.8, 4) is 5.75 Å². The van der Waals surface area contributed by atoms with Crippen molar-refractivity contribution in [1.29, 1.82) is 0 Å². The van der Waals surface area contributed by atoms with Crippen LogP contribution in [0.4, 0.5) is 10.1 Å². The van der Waals surface area contributed by atoms with E-state index in [-0.39, 0.29) is 11.5 Å². The highest BCUT2D eigenvalue weighted by Crippen LogP contribution is 2.37. The molecule has 2 heterocycles. The van der Waals surface area contributed by atoms with Crippen molar-refractivity contribution in [2.75, 3.05) is 18.2 Å². The third-order valence-corrected chi connectivity index (χ3v) is 5.00. The number of anilines is 1. The van der Waals surface area contributed by atoms with Crippen molar-refractivity contribution < 1.29 is 13.9 Å². The monoisotopic (exact) mass is 374 g/mol. The molecular weight excluding hydrogens is 355 g/mol. The minimum atomic E-state index is -0.751. The summed E-state index contributed by atoms with van der Waals surface area (Å²) in [4.78, 5) is 20.8. The number of amidine groups is 1. The summed E-state index contributed by atoms with van der Waals surface area (Å²) in [6.45, 7) is 1.84. The summed E-state index contributed by atoms with van der Waals surface area (Å²) >= 11 is 1.45. The third-order valence-electron chi connectivity index (χ3n) is 4.20. The van der Waals surface area contributed by atoms with Gasteiger partial charge < -0.3 is 15.8 Å². The Kier molecular flexibility index (Phi) is 5.13. The van der Waals surface area contributed by atoms with Crippen molar-refractivity contribution in [2.24, 2.45) is 10.7 Å². The van der Waals surface area contributed by atoms with Crippen LogP contribution in [0.2, 0.25) is 0 Å². The predicted molar refractivity (Wildman–Crippen MR) is 101 cm³/mol. The molecule has 0 fully saturated rings. The van der Waals surface area contributed by atoms with Crippen molar-refractivity contribution in [3.63, 3.8) is 0 Å². The fourth-order valence-electron chi connectivity index (χ4n) is 2.73. The summed E-state index contributed by atoms with van der Waals surface area (Å²) in [6, 6.07) is 7.64. The number of nitrogens with zero attached hydrogens (tertiary/aromatic N) is 2. The second-order valence-electron chi connectivity index (χ2n) is 6.05. The number of aliphatic imine (C=N–C) groups is 1. The van der Waals surface area contributed by atoms with E-state index in [0.717, 1.165) is 5.75 Å². The minimum Gasteiger partial charge on any atom is -0.495 e. The number of carbonyl (C=O) groups excluding carboxylic acids is 1. The van der Waals surface area contributed by atoms with Crippen LogP contribution in [0.15, 0.2) is 41.5 Å². The molecule has 3 N–H and O–H groups in total. The SMILES string of the molecule is COc1ccc(C(=O)Nc2ccc(F)c([C@]3(C)CCSC(N)=N3)c2)nc1. The molecule has 136 valence electrons. The standard InChI is InChI=1S/C18H19FN4O2S/c1-18(7-8-26-17(20)23-18)13-9-11(3-5-14(13)19)22-16(24)15-6-4-12(25-2)10-21-15/h3-6,9-10H,7-8H2,1-2H3,(H2,20,23)(H,22,24)/t18-/m0/s1. The lowest BCUT2D eigenvalue weighted by Gasteiger charge is -2.30. The number of aromatic nitrogens is 1. The van der Waals surface area contributed by atoms with Crippen LogP contribution in [0, 0.1) is 5.82 Å². The van der Waals surface area contributed by atoms with Crippen LogP contribution in [0.25, 0.3) is 0 Å². The molecule has 0 saturated heterocycles. The largest absolute Gasteiger partial charge is 0.495 e. The van der Waals surface area contributed by atoms with Crippen molar-refractivity contribution >= 4 is 28.5 Å². The Balaban J connectivity index is 1.85. The number of hydrogen-bond donors (Lipinski definition) is 2. The Morgan fingerprint density at radius 1 is 1.38 bits per heavy atom. The van der Waals surface area contributed by atoms with Gasteiger partial charge in [-0.25, -0.2) is 9.37 Å². The number of hydrogen-bond acceptors (Lipinski definition) is 6. The molecule has 1 aliphatic rings. The van der Waals surface area contributed by atoms with Gasteiger partial charge in [0.15, 0.2) is 5.17 Å². The van der Waals surface area contributed by atoms with Crippen molar-refractivity contribution in [1.82, 2.24) is 4.98 Å². The highest BCUT2D eigenvalue weighted by Gasteiger charge is 2.32. The van der Waals surface area contributed by atoms with Crippen LogP contribution in [0.1, 0.15) is 29.4 Å². The van der Waals surface area contributed by atoms with Crippen molar-refractivity contribution in [2.45, 2.75) is 18.9 Å². The fraction of sp³-hybridized carbons (Fsp3) is 0.278. The van der Waals surface area contributed by atoms with Gasteiger partial charge in [0.2, 0.25) is 0 Å². The quantitative estimate of drug-likeness (QED) is 0.858. The number of ether oxygens (including phenoxy) is 1. The summed E-state index contributed by atoms with van der Waals surface area (Å²) in [6.07, 6.45) is 2.12. The van der Waals surface area contributed by atoms with Gasteiger partial charge >= 0.3 is 0 Å². The molecule has 3 rings (SSSR count). The van der Waals surface area contributed by atoms with Crippen LogP contribution in [0.5, 0.6) is 5.75 Å². The van der Waals surface area contributed by atoms with Gasteiger partial charge in [-0.05, 0) is 43.7 Å². The van der Waals surface area contributed by atoms with Crippen LogP contribution in [-0.2, 0) is 5.54 Å². The molecule has 1 aromatic heterocycles. The van der Waals surface area contributed by atoms with Gasteiger partial charge in [0, 0.05) is 17.0 Å². The summed E-state index contributed by atoms with van der Waals surface area (Å²) in [5, 5.41) is 3.18. The van der Waals surface area contributed by atoms with Crippen LogP contribution >= 0.6 is 11.8 Å². The third kappa shape index (κ3) is 3.80. The number of nitrogens with two attached hydrogens (primary N) is 1. The number of thioether (sulfide) groups is 1. The Bertz CT molecular complexity index is 857. The molecular formula is C18H19FN4O2S. The number of benzene rings is 1. The molecule has 1 atom stereocenters. The van der Waals surface area contributed by atoms with E-state index in [1.807, 2.05) is 6.92 Å². The Labute approximate surface area is 155 Å². The number of halogens is 1. The van der Waals surface area contributed by atoms with E-state index in [1.54, 1.807) is 18.2 Å². The number of amides is 1. The van der Waals surface area contributed by atoms with E-state index in [9.17, 15) is 9.18 Å². The highest BCUT2D eigenvalue weighted by atomic mass is 32.2. The molecule has 8 heteroatoms. The zero-order valence-corrected chi connectivity index (χ0v) is 15.3. The molecule has 0 aliphatic carbocycles. The summed E-state index contributed by atoms with van der Waals surface area (Å²) in [7, 11) is 1.52. The van der Waals surface area contributed by atoms with E-state index < -0.39 is 11.4 Å². The first kappa shape index (κ1) is 18.2. The smallest absolute Gasteiger partial charge is 0.274 e. The minimum absolute atomic E-state index is 0.235. The lowest BCUT2D eigenvalue weighted by Crippen LogP contribution is -2.29. The lowest BCUT2D eigenvalue weighted by atomic mass is 9.89. The highest BCUT2D eigenvalue weighted by molar-refractivity contribution is 8.13. The molecule has 0 bridgehead atoms. The first-order valence-corrected chi connectivity index (χ1v) is 8.99. The predicted octanol–water partition coefficient (Wildman–Crippen LogP) is 3.15. The van der Waals surface area contributed by atoms with Gasteiger partial charge in [-0.3, -0.25) is 9.79 Å². The summed E-state index contributed by atoms with van der Waals surface area (Å²) in [5.74, 6) is 0.552. The molecule has 0 unspecified atom stereocenters. The van der Waals surface area contributed by atoms with Crippen LogP contribution in [0.3, 0.4) is 0 Å². The second kappa shape index (κ2) is 7.33. The first-order chi connectivity index (χ1) is 12.4. The van der Waals surface area contributed by atoms with E-state index >= 15 is 0 Å². The molecule has 6 nitrogen and oxygen atoms in total. The normalized spacial score (nSPS) is 19.6. The number of nitrogens with one attached hydrogen (secondary N) is 1. The molecule has 0 saturated carbocycles. The zero-order valence-electron chi connectivity index (χ0n) is 14.5. The molecule has 1 amide bonds. The van der Waals surface area contributed by atoms with E-state index in [0.29, 0.717) is 28.6 Å². The molecule has 0 spiro atoms. The van der Waals surface area contributed by atoms with Gasteiger partial charge in [-0.1, -0.05) is 11.8 Å². The molecule has 2 aromatic rings. The molecule has 26 heavy (non-hydrogen) atoms. The number of methoxy groups -OCH3 is 1. The van der Waals surface area contributed by atoms with Gasteiger partial charge in [0.25, 0.3) is 5.91 Å². The van der Waals surface area contributed by atoms with Gasteiger partial charge in [-0.2, -0.15) is 0 Å². The first-order valence-electron chi connectivity index (χ1n) is 8.01. The molecule has 1 aromatic carbocycles. The van der Waals surface area contributed by atoms with Gasteiger partial charge in [-0.15, -0.1) is 0 Å². The summed E-state index contributed by atoms with van der Waals surface area (Å²) in [5.41, 5.74) is 6.18. The second-order valence-corrected chi connectivity index (χ2v) is 7.17. The molecule has 1 aliphatic heterocycles. The van der Waals surface area contributed by atoms with Gasteiger partial charge in [0.05, 0.1) is 18.8 Å². The summed E-state index contributed by atoms with van der Waals surface area (Å²) < 4.78 is 19.4. The van der Waals surface area contributed by atoms with Crippen molar-refractivity contribution in [3.05, 3.63) is 53.6 Å². The van der Waals surface area contributed by atoms with Crippen LogP contribution in [-0.4, -0.2) is 28.9 Å². The lowest BCUT2D eigenvalue weighted by molar-refractivity contribution is 0.102. The maximum atomic E-state index is 14.4. The van der Waals surface area contributed by atoms with Crippen LogP contribution < -0.4 is 15.8 Å². The van der Waals surface area contributed by atoms with E-state index in [4.69, 9.17) is 10.5 Å². The average Bonchev–Trinajstić information content (AvgIpc) is 2.63. The maximum absolute atomic E-state index is 14.4. The Morgan fingerprint density at radius 2 is 2.19 bits per heavy atom. The fourth-order valence-corrected chi connectivity index (χ4v) is 3.70. The van der Waals surface area contributed by atoms with Gasteiger partial charge in [0.1, 0.15) is 17.3 Å². The van der Waals surface area contributed by atoms with E-state index in [1.165, 1.54) is 37.2 Å². The van der Waals surface area contributed by atoms with E-state index in [2.05, 4.69) is 15.3 Å². The average molecular weight is 374 g/mol. The Hall–Kier alpha value is -2.61. The zero-order chi connectivity index (χ0) is 18.7. The maximum Gasteiger partial charge on any atom is 0.274 e. The Morgan fingerprint density at radius 3 is 2.85 bits per heavy atom. The number of rotatable bonds is 4. The number of carbonyl (C=O) groups is 1. The number of pyridine rings is 1. The topological polar surface area (TPSA) is 89.6 Å².